The molecule has 0 bridgehead atoms. The van der Waals surface area contributed by atoms with Crippen LogP contribution in [-0.4, -0.2) is 26.5 Å². The van der Waals surface area contributed by atoms with E-state index in [1.165, 1.54) is 0 Å². The van der Waals surface area contributed by atoms with Gasteiger partial charge in [-0.05, 0) is 18.6 Å². The van der Waals surface area contributed by atoms with E-state index in [1.807, 2.05) is 13.0 Å². The lowest BCUT2D eigenvalue weighted by atomic mass is 10.2. The smallest absolute Gasteiger partial charge is 0.251 e. The first-order chi connectivity index (χ1) is 7.63. The van der Waals surface area contributed by atoms with Gasteiger partial charge in [-0.1, -0.05) is 25.1 Å². The highest BCUT2D eigenvalue weighted by Gasteiger charge is 2.13. The van der Waals surface area contributed by atoms with Crippen LogP contribution in [0.5, 0.6) is 0 Å². The Morgan fingerprint density at radius 2 is 2.06 bits per heavy atom. The molecule has 0 spiro atoms. The predicted octanol–water partition coefficient (Wildman–Crippen LogP) is 1.42. The summed E-state index contributed by atoms with van der Waals surface area (Å²) < 4.78 is 19.4. The average molecular weight is 241 g/mol. The van der Waals surface area contributed by atoms with Crippen molar-refractivity contribution in [1.29, 1.82) is 0 Å². The van der Waals surface area contributed by atoms with Gasteiger partial charge in [-0.2, -0.15) is 0 Å². The van der Waals surface area contributed by atoms with Crippen molar-refractivity contribution in [2.75, 3.05) is 5.75 Å². The summed E-state index contributed by atoms with van der Waals surface area (Å²) in [5.74, 6) is -0.146. The predicted molar refractivity (Wildman–Crippen MR) is 63.6 cm³/mol. The maximum Gasteiger partial charge on any atom is 0.251 e. The highest BCUT2D eigenvalue weighted by molar-refractivity contribution is 7.79. The lowest BCUT2D eigenvalue weighted by Crippen LogP contribution is -2.38. The van der Waals surface area contributed by atoms with E-state index in [2.05, 4.69) is 5.32 Å². The molecule has 1 aromatic rings. The first-order valence-electron chi connectivity index (χ1n) is 5.07. The van der Waals surface area contributed by atoms with Crippen LogP contribution in [0.25, 0.3) is 0 Å². The summed E-state index contributed by atoms with van der Waals surface area (Å²) in [6, 6.07) is 8.53. The molecule has 0 aliphatic heterocycles. The van der Waals surface area contributed by atoms with E-state index in [-0.39, 0.29) is 17.7 Å². The van der Waals surface area contributed by atoms with E-state index in [0.717, 1.165) is 0 Å². The minimum atomic E-state index is -1.88. The summed E-state index contributed by atoms with van der Waals surface area (Å²) in [5, 5.41) is 2.72. The molecule has 88 valence electrons. The molecule has 1 unspecified atom stereocenters. The topological polar surface area (TPSA) is 66.4 Å². The van der Waals surface area contributed by atoms with E-state index in [4.69, 9.17) is 4.55 Å². The monoisotopic (exact) mass is 241 g/mol. The Labute approximate surface area is 97.3 Å². The average Bonchev–Trinajstić information content (AvgIpc) is 2.28. The van der Waals surface area contributed by atoms with Crippen LogP contribution in [0.4, 0.5) is 0 Å². The maximum absolute atomic E-state index is 11.7. The van der Waals surface area contributed by atoms with Gasteiger partial charge >= 0.3 is 0 Å². The van der Waals surface area contributed by atoms with Gasteiger partial charge in [0.1, 0.15) is 0 Å². The number of carbonyl (C=O) groups excluding carboxylic acids is 1. The van der Waals surface area contributed by atoms with Crippen LogP contribution in [0.2, 0.25) is 0 Å². The van der Waals surface area contributed by atoms with Crippen molar-refractivity contribution in [3.05, 3.63) is 35.9 Å². The highest BCUT2D eigenvalue weighted by Crippen LogP contribution is 2.01. The molecular formula is C11H15NO3S. The summed E-state index contributed by atoms with van der Waals surface area (Å²) in [7, 11) is 0. The molecule has 16 heavy (non-hydrogen) atoms. The van der Waals surface area contributed by atoms with Gasteiger partial charge in [0, 0.05) is 11.6 Å². The lowest BCUT2D eigenvalue weighted by molar-refractivity contribution is 0.0940. The fourth-order valence-corrected chi connectivity index (χ4v) is 1.96. The molecule has 0 aliphatic rings. The molecule has 1 aromatic carbocycles. The Kier molecular flexibility index (Phi) is 5.14. The molecule has 0 saturated carbocycles. The zero-order valence-electron chi connectivity index (χ0n) is 9.05. The normalized spacial score (nSPS) is 14.1. The lowest BCUT2D eigenvalue weighted by Gasteiger charge is -2.14. The third kappa shape index (κ3) is 4.12. The second-order valence-electron chi connectivity index (χ2n) is 3.43. The van der Waals surface area contributed by atoms with Gasteiger partial charge in [0.05, 0.1) is 5.75 Å². The molecule has 0 radical (unpaired) electrons. The summed E-state index contributed by atoms with van der Waals surface area (Å²) in [6.45, 7) is 1.86. The van der Waals surface area contributed by atoms with Crippen LogP contribution < -0.4 is 5.32 Å². The Hall–Kier alpha value is -1.20. The second-order valence-corrected chi connectivity index (χ2v) is 4.41. The van der Waals surface area contributed by atoms with Crippen molar-refractivity contribution in [2.45, 2.75) is 19.4 Å². The van der Waals surface area contributed by atoms with E-state index in [0.29, 0.717) is 12.0 Å². The Morgan fingerprint density at radius 1 is 1.44 bits per heavy atom. The molecule has 0 fully saturated rings. The van der Waals surface area contributed by atoms with Gasteiger partial charge in [0.15, 0.2) is 11.1 Å². The Balaban J connectivity index is 2.59. The zero-order valence-corrected chi connectivity index (χ0v) is 9.87. The zero-order chi connectivity index (χ0) is 12.0. The molecule has 0 aliphatic carbocycles. The number of hydrogen-bond donors (Lipinski definition) is 2. The third-order valence-electron chi connectivity index (χ3n) is 2.21. The number of hydrogen-bond acceptors (Lipinski definition) is 2. The molecule has 4 nitrogen and oxygen atoms in total. The van der Waals surface area contributed by atoms with Crippen LogP contribution in [0.3, 0.4) is 0 Å². The second kappa shape index (κ2) is 6.40. The van der Waals surface area contributed by atoms with Crippen molar-refractivity contribution >= 4 is 17.0 Å². The van der Waals surface area contributed by atoms with E-state index in [9.17, 15) is 9.00 Å². The van der Waals surface area contributed by atoms with Gasteiger partial charge in [-0.25, -0.2) is 4.21 Å². The van der Waals surface area contributed by atoms with Crippen molar-refractivity contribution < 1.29 is 13.6 Å². The van der Waals surface area contributed by atoms with Crippen LogP contribution in [0, 0.1) is 0 Å². The van der Waals surface area contributed by atoms with E-state index >= 15 is 0 Å². The molecular weight excluding hydrogens is 226 g/mol. The van der Waals surface area contributed by atoms with Gasteiger partial charge in [-0.15, -0.1) is 0 Å². The van der Waals surface area contributed by atoms with Gasteiger partial charge in [0.2, 0.25) is 0 Å². The molecule has 2 N–H and O–H groups in total. The summed E-state index contributed by atoms with van der Waals surface area (Å²) in [5.41, 5.74) is 0.560. The first-order valence-corrected chi connectivity index (χ1v) is 6.34. The number of rotatable bonds is 5. The number of carbonyl (C=O) groups is 1. The number of amides is 1. The van der Waals surface area contributed by atoms with E-state index in [1.54, 1.807) is 24.3 Å². The minimum Gasteiger partial charge on any atom is -0.348 e. The molecule has 5 heteroatoms. The minimum absolute atomic E-state index is 0.0646. The molecule has 1 amide bonds. The van der Waals surface area contributed by atoms with Crippen LogP contribution in [-0.2, 0) is 11.1 Å². The standard InChI is InChI=1S/C11H15NO3S/c1-2-10(8-16(14)15)12-11(13)9-6-4-3-5-7-9/h3-7,10H,2,8H2,1H3,(H,12,13)(H,14,15)/t10-/m1/s1. The molecule has 0 aromatic heterocycles. The van der Waals surface area contributed by atoms with Crippen molar-refractivity contribution in [2.24, 2.45) is 0 Å². The number of benzene rings is 1. The molecule has 2 atom stereocenters. The van der Waals surface area contributed by atoms with Crippen LogP contribution in [0.15, 0.2) is 30.3 Å². The quantitative estimate of drug-likeness (QED) is 0.766. The van der Waals surface area contributed by atoms with Crippen molar-refractivity contribution in [1.82, 2.24) is 5.32 Å². The Bertz CT molecular complexity index is 367. The van der Waals surface area contributed by atoms with E-state index < -0.39 is 11.1 Å². The van der Waals surface area contributed by atoms with Crippen molar-refractivity contribution in [3.8, 4) is 0 Å². The van der Waals surface area contributed by atoms with Crippen molar-refractivity contribution in [3.63, 3.8) is 0 Å². The van der Waals surface area contributed by atoms with Gasteiger partial charge < -0.3 is 9.87 Å². The molecule has 0 heterocycles. The fraction of sp³-hybridized carbons (Fsp3) is 0.364. The van der Waals surface area contributed by atoms with Crippen LogP contribution in [0.1, 0.15) is 23.7 Å². The van der Waals surface area contributed by atoms with Gasteiger partial charge in [-0.3, -0.25) is 4.79 Å². The fourth-order valence-electron chi connectivity index (χ4n) is 1.29. The Morgan fingerprint density at radius 3 is 2.56 bits per heavy atom. The summed E-state index contributed by atoms with van der Waals surface area (Å²) in [6.07, 6.45) is 0.630. The van der Waals surface area contributed by atoms with Crippen LogP contribution >= 0.6 is 0 Å². The molecule has 1 rings (SSSR count). The SMILES string of the molecule is CC[C@H](CS(=O)O)NC(=O)c1ccccc1. The highest BCUT2D eigenvalue weighted by atomic mass is 32.2. The maximum atomic E-state index is 11.7. The van der Waals surface area contributed by atoms with Gasteiger partial charge in [0.25, 0.3) is 5.91 Å². The summed E-state index contributed by atoms with van der Waals surface area (Å²) >= 11 is -1.88. The largest absolute Gasteiger partial charge is 0.348 e. The number of nitrogens with one attached hydrogen (secondary N) is 1. The molecule has 0 saturated heterocycles. The summed E-state index contributed by atoms with van der Waals surface area (Å²) in [4.78, 5) is 11.7. The third-order valence-corrected chi connectivity index (χ3v) is 2.90. The first kappa shape index (κ1) is 12.9.